The molecule has 0 bridgehead atoms. The van der Waals surface area contributed by atoms with Gasteiger partial charge in [0.25, 0.3) is 5.91 Å². The summed E-state index contributed by atoms with van der Waals surface area (Å²) in [7, 11) is 1.52. The summed E-state index contributed by atoms with van der Waals surface area (Å²) < 4.78 is 0. The Morgan fingerprint density at radius 3 is 2.63 bits per heavy atom. The Hall–Kier alpha value is -2.18. The van der Waals surface area contributed by atoms with Crippen molar-refractivity contribution in [2.24, 2.45) is 5.92 Å². The number of carboxylic acid groups (broad SMARTS) is 1. The number of nitrogens with zero attached hydrogens (tertiary/aromatic N) is 3. The van der Waals surface area contributed by atoms with E-state index in [-0.39, 0.29) is 18.1 Å². The summed E-state index contributed by atoms with van der Waals surface area (Å²) >= 11 is 0. The monoisotopic (exact) mass is 264 g/mol. The van der Waals surface area contributed by atoms with Gasteiger partial charge in [0.1, 0.15) is 6.54 Å². The van der Waals surface area contributed by atoms with Gasteiger partial charge in [-0.1, -0.05) is 0 Å². The van der Waals surface area contributed by atoms with Crippen molar-refractivity contribution in [1.82, 2.24) is 15.5 Å². The number of anilines is 1. The van der Waals surface area contributed by atoms with Crippen LogP contribution in [-0.4, -0.2) is 47.3 Å². The molecule has 1 saturated carbocycles. The second-order valence-electron chi connectivity index (χ2n) is 4.57. The molecule has 0 radical (unpaired) electrons. The molecule has 1 aliphatic rings. The Kier molecular flexibility index (Phi) is 3.94. The number of hydrogen-bond acceptors (Lipinski definition) is 5. The predicted octanol–water partition coefficient (Wildman–Crippen LogP) is 0.137. The van der Waals surface area contributed by atoms with Crippen LogP contribution in [0, 0.1) is 5.92 Å². The van der Waals surface area contributed by atoms with Gasteiger partial charge in [-0.2, -0.15) is 0 Å². The lowest BCUT2D eigenvalue weighted by Gasteiger charge is -2.20. The summed E-state index contributed by atoms with van der Waals surface area (Å²) in [6.07, 6.45) is 2.25. The van der Waals surface area contributed by atoms with Crippen LogP contribution in [0.25, 0.3) is 0 Å². The summed E-state index contributed by atoms with van der Waals surface area (Å²) in [6.45, 7) is 0.560. The molecular weight excluding hydrogens is 248 g/mol. The topological polar surface area (TPSA) is 95.4 Å². The van der Waals surface area contributed by atoms with Crippen LogP contribution in [-0.2, 0) is 4.79 Å². The van der Waals surface area contributed by atoms with Gasteiger partial charge in [-0.15, -0.1) is 10.2 Å². The van der Waals surface area contributed by atoms with Crippen molar-refractivity contribution in [3.8, 4) is 0 Å². The van der Waals surface area contributed by atoms with Gasteiger partial charge < -0.3 is 15.3 Å². The SMILES string of the molecule is CNC(=O)c1ccc(N(CC(=O)O)CC2CC2)nn1. The van der Waals surface area contributed by atoms with Gasteiger partial charge in [0.2, 0.25) is 0 Å². The van der Waals surface area contributed by atoms with Crippen LogP contribution in [0.4, 0.5) is 5.82 Å². The van der Waals surface area contributed by atoms with Crippen LogP contribution in [0.5, 0.6) is 0 Å². The number of carbonyl (C=O) groups is 2. The molecule has 1 aromatic heterocycles. The van der Waals surface area contributed by atoms with E-state index in [9.17, 15) is 9.59 Å². The third-order valence-corrected chi connectivity index (χ3v) is 2.94. The lowest BCUT2D eigenvalue weighted by Crippen LogP contribution is -2.32. The lowest BCUT2D eigenvalue weighted by atomic mass is 10.3. The molecule has 0 aromatic carbocycles. The fourth-order valence-corrected chi connectivity index (χ4v) is 1.76. The van der Waals surface area contributed by atoms with Gasteiger partial charge >= 0.3 is 5.97 Å². The summed E-state index contributed by atoms with van der Waals surface area (Å²) in [4.78, 5) is 23.9. The molecule has 2 N–H and O–H groups in total. The van der Waals surface area contributed by atoms with Gasteiger partial charge in [-0.25, -0.2) is 0 Å². The van der Waals surface area contributed by atoms with Crippen LogP contribution in [0.2, 0.25) is 0 Å². The van der Waals surface area contributed by atoms with Crippen LogP contribution < -0.4 is 10.2 Å². The molecule has 1 amide bonds. The minimum atomic E-state index is -0.905. The first kappa shape index (κ1) is 13.3. The Bertz CT molecular complexity index is 470. The molecule has 0 aliphatic heterocycles. The van der Waals surface area contributed by atoms with E-state index in [4.69, 9.17) is 5.11 Å². The van der Waals surface area contributed by atoms with E-state index in [1.165, 1.54) is 7.05 Å². The highest BCUT2D eigenvalue weighted by molar-refractivity contribution is 5.91. The molecule has 7 nitrogen and oxygen atoms in total. The third-order valence-electron chi connectivity index (χ3n) is 2.94. The van der Waals surface area contributed by atoms with Gasteiger partial charge in [0, 0.05) is 13.6 Å². The highest BCUT2D eigenvalue weighted by Crippen LogP contribution is 2.30. The highest BCUT2D eigenvalue weighted by Gasteiger charge is 2.26. The minimum absolute atomic E-state index is 0.107. The van der Waals surface area contributed by atoms with E-state index in [0.717, 1.165) is 12.8 Å². The molecule has 102 valence electrons. The normalized spacial score (nSPS) is 13.9. The number of aliphatic carboxylic acids is 1. The van der Waals surface area contributed by atoms with E-state index in [2.05, 4.69) is 15.5 Å². The molecule has 0 unspecified atom stereocenters. The van der Waals surface area contributed by atoms with Gasteiger partial charge in [0.15, 0.2) is 11.5 Å². The maximum Gasteiger partial charge on any atom is 0.323 e. The van der Waals surface area contributed by atoms with E-state index in [1.54, 1.807) is 17.0 Å². The first-order chi connectivity index (χ1) is 9.10. The van der Waals surface area contributed by atoms with Crippen molar-refractivity contribution in [2.75, 3.05) is 25.0 Å². The zero-order valence-electron chi connectivity index (χ0n) is 10.7. The number of carboxylic acids is 1. The fourth-order valence-electron chi connectivity index (χ4n) is 1.76. The molecular formula is C12H16N4O3. The van der Waals surface area contributed by atoms with Crippen molar-refractivity contribution in [2.45, 2.75) is 12.8 Å². The molecule has 0 spiro atoms. The Morgan fingerprint density at radius 2 is 2.16 bits per heavy atom. The summed E-state index contributed by atoms with van der Waals surface area (Å²) in [5, 5.41) is 19.1. The van der Waals surface area contributed by atoms with Crippen molar-refractivity contribution in [3.63, 3.8) is 0 Å². The van der Waals surface area contributed by atoms with Gasteiger partial charge in [-0.3, -0.25) is 9.59 Å². The molecule has 2 rings (SSSR count). The standard InChI is InChI=1S/C12H16N4O3/c1-13-12(19)9-4-5-10(15-14-9)16(7-11(17)18)6-8-2-3-8/h4-5,8H,2-3,6-7H2,1H3,(H,13,19)(H,17,18). The van der Waals surface area contributed by atoms with Crippen LogP contribution >= 0.6 is 0 Å². The van der Waals surface area contributed by atoms with Crippen molar-refractivity contribution in [1.29, 1.82) is 0 Å². The molecule has 7 heteroatoms. The van der Waals surface area contributed by atoms with E-state index in [1.807, 2.05) is 0 Å². The quantitative estimate of drug-likeness (QED) is 0.758. The van der Waals surface area contributed by atoms with Crippen LogP contribution in [0.1, 0.15) is 23.3 Å². The summed E-state index contributed by atoms with van der Waals surface area (Å²) in [5.74, 6) is -0.189. The second-order valence-corrected chi connectivity index (χ2v) is 4.57. The zero-order chi connectivity index (χ0) is 13.8. The van der Waals surface area contributed by atoms with Crippen molar-refractivity contribution >= 4 is 17.7 Å². The van der Waals surface area contributed by atoms with Gasteiger partial charge in [0.05, 0.1) is 0 Å². The number of hydrogen-bond donors (Lipinski definition) is 2. The van der Waals surface area contributed by atoms with E-state index in [0.29, 0.717) is 18.3 Å². The van der Waals surface area contributed by atoms with Crippen LogP contribution in [0.15, 0.2) is 12.1 Å². The number of amides is 1. The van der Waals surface area contributed by atoms with E-state index < -0.39 is 5.97 Å². The smallest absolute Gasteiger partial charge is 0.323 e. The first-order valence-corrected chi connectivity index (χ1v) is 6.12. The molecule has 0 atom stereocenters. The predicted molar refractivity (Wildman–Crippen MR) is 68.0 cm³/mol. The molecule has 1 aromatic rings. The lowest BCUT2D eigenvalue weighted by molar-refractivity contribution is -0.135. The Morgan fingerprint density at radius 1 is 1.42 bits per heavy atom. The number of nitrogens with one attached hydrogen (secondary N) is 1. The average molecular weight is 264 g/mol. The second kappa shape index (κ2) is 5.64. The molecule has 19 heavy (non-hydrogen) atoms. The highest BCUT2D eigenvalue weighted by atomic mass is 16.4. The Balaban J connectivity index is 2.11. The molecule has 1 aliphatic carbocycles. The van der Waals surface area contributed by atoms with Crippen molar-refractivity contribution in [3.05, 3.63) is 17.8 Å². The maximum atomic E-state index is 11.3. The summed E-state index contributed by atoms with van der Waals surface area (Å²) in [5.41, 5.74) is 0.216. The first-order valence-electron chi connectivity index (χ1n) is 6.12. The maximum absolute atomic E-state index is 11.3. The average Bonchev–Trinajstić information content (AvgIpc) is 3.21. The largest absolute Gasteiger partial charge is 0.480 e. The minimum Gasteiger partial charge on any atom is -0.480 e. The van der Waals surface area contributed by atoms with Gasteiger partial charge in [-0.05, 0) is 30.9 Å². The third kappa shape index (κ3) is 3.64. The number of rotatable bonds is 6. The van der Waals surface area contributed by atoms with E-state index >= 15 is 0 Å². The number of carbonyl (C=O) groups excluding carboxylic acids is 1. The number of aromatic nitrogens is 2. The molecule has 1 heterocycles. The Labute approximate surface area is 110 Å². The molecule has 1 fully saturated rings. The summed E-state index contributed by atoms with van der Waals surface area (Å²) in [6, 6.07) is 3.17. The van der Waals surface area contributed by atoms with Crippen molar-refractivity contribution < 1.29 is 14.7 Å². The fraction of sp³-hybridized carbons (Fsp3) is 0.500. The van der Waals surface area contributed by atoms with Crippen LogP contribution in [0.3, 0.4) is 0 Å². The zero-order valence-corrected chi connectivity index (χ0v) is 10.7. The molecule has 0 saturated heterocycles.